The molecule has 1 rings (SSSR count). The van der Waals surface area contributed by atoms with Crippen LogP contribution in [0.3, 0.4) is 0 Å². The molecule has 0 fully saturated rings. The van der Waals surface area contributed by atoms with Crippen molar-refractivity contribution in [2.45, 2.75) is 46.1 Å². The fraction of sp³-hybridized carbons (Fsp3) is 0.600. The van der Waals surface area contributed by atoms with Gasteiger partial charge in [0.2, 0.25) is 0 Å². The van der Waals surface area contributed by atoms with E-state index in [2.05, 4.69) is 25.2 Å². The smallest absolute Gasteiger partial charge is 0.0359 e. The maximum atomic E-state index is 5.91. The highest BCUT2D eigenvalue weighted by molar-refractivity contribution is 5.46. The summed E-state index contributed by atoms with van der Waals surface area (Å²) in [4.78, 5) is 0. The lowest BCUT2D eigenvalue weighted by atomic mass is 9.99. The lowest BCUT2D eigenvalue weighted by Gasteiger charge is -2.15. The van der Waals surface area contributed by atoms with E-state index in [0.717, 1.165) is 24.7 Å². The number of rotatable bonds is 8. The summed E-state index contributed by atoms with van der Waals surface area (Å²) >= 11 is 0. The van der Waals surface area contributed by atoms with Crippen LogP contribution in [0.4, 0.5) is 5.69 Å². The van der Waals surface area contributed by atoms with Gasteiger partial charge in [-0.05, 0) is 30.5 Å². The topological polar surface area (TPSA) is 38.0 Å². The number of anilines is 1. The predicted molar refractivity (Wildman–Crippen MR) is 75.9 cm³/mol. The Balaban J connectivity index is 2.28. The van der Waals surface area contributed by atoms with E-state index in [0.29, 0.717) is 0 Å². The van der Waals surface area contributed by atoms with Crippen LogP contribution in [-0.2, 0) is 6.54 Å². The standard InChI is InChI=1S/C15H26N2/c1-3-5-8-13(4-2)11-17-12-14-9-6-7-10-15(14)16/h6-7,9-10,13,17H,3-5,8,11-12,16H2,1-2H3. The van der Waals surface area contributed by atoms with Gasteiger partial charge < -0.3 is 11.1 Å². The number of hydrogen-bond donors (Lipinski definition) is 2. The average Bonchev–Trinajstić information content (AvgIpc) is 2.35. The van der Waals surface area contributed by atoms with Gasteiger partial charge in [0, 0.05) is 12.2 Å². The SMILES string of the molecule is CCCCC(CC)CNCc1ccccc1N. The van der Waals surface area contributed by atoms with Crippen molar-refractivity contribution in [3.05, 3.63) is 29.8 Å². The molecule has 17 heavy (non-hydrogen) atoms. The van der Waals surface area contributed by atoms with E-state index in [1.165, 1.54) is 31.2 Å². The fourth-order valence-corrected chi connectivity index (χ4v) is 2.05. The zero-order chi connectivity index (χ0) is 12.5. The molecule has 1 aromatic rings. The third kappa shape index (κ3) is 5.22. The van der Waals surface area contributed by atoms with Crippen molar-refractivity contribution in [3.63, 3.8) is 0 Å². The van der Waals surface area contributed by atoms with E-state index in [4.69, 9.17) is 5.73 Å². The Morgan fingerprint density at radius 1 is 1.24 bits per heavy atom. The Labute approximate surface area is 106 Å². The second-order valence-corrected chi connectivity index (χ2v) is 4.75. The van der Waals surface area contributed by atoms with Crippen molar-refractivity contribution in [1.29, 1.82) is 0 Å². The van der Waals surface area contributed by atoms with Crippen LogP contribution < -0.4 is 11.1 Å². The van der Waals surface area contributed by atoms with Gasteiger partial charge in [0.15, 0.2) is 0 Å². The van der Waals surface area contributed by atoms with Crippen LogP contribution in [0.15, 0.2) is 24.3 Å². The molecule has 2 heteroatoms. The number of benzene rings is 1. The molecule has 1 aromatic carbocycles. The van der Waals surface area contributed by atoms with Crippen molar-refractivity contribution in [2.75, 3.05) is 12.3 Å². The third-order valence-corrected chi connectivity index (χ3v) is 3.35. The summed E-state index contributed by atoms with van der Waals surface area (Å²) in [5.74, 6) is 0.805. The number of hydrogen-bond acceptors (Lipinski definition) is 2. The Morgan fingerprint density at radius 3 is 2.65 bits per heavy atom. The summed E-state index contributed by atoms with van der Waals surface area (Å²) in [5.41, 5.74) is 8.01. The molecule has 1 atom stereocenters. The van der Waals surface area contributed by atoms with Gasteiger partial charge in [-0.3, -0.25) is 0 Å². The summed E-state index contributed by atoms with van der Waals surface area (Å²) in [6.07, 6.45) is 5.23. The zero-order valence-corrected chi connectivity index (χ0v) is 11.2. The number of nitrogens with two attached hydrogens (primary N) is 1. The van der Waals surface area contributed by atoms with Gasteiger partial charge in [0.1, 0.15) is 0 Å². The molecule has 0 aliphatic rings. The molecule has 0 saturated heterocycles. The number of nitrogens with one attached hydrogen (secondary N) is 1. The van der Waals surface area contributed by atoms with E-state index < -0.39 is 0 Å². The first-order chi connectivity index (χ1) is 8.27. The van der Waals surface area contributed by atoms with E-state index >= 15 is 0 Å². The minimum atomic E-state index is 0.805. The average molecular weight is 234 g/mol. The lowest BCUT2D eigenvalue weighted by molar-refractivity contribution is 0.419. The van der Waals surface area contributed by atoms with Crippen molar-refractivity contribution in [3.8, 4) is 0 Å². The van der Waals surface area contributed by atoms with Gasteiger partial charge in [0.25, 0.3) is 0 Å². The molecule has 0 amide bonds. The number of para-hydroxylation sites is 1. The van der Waals surface area contributed by atoms with Crippen molar-refractivity contribution >= 4 is 5.69 Å². The van der Waals surface area contributed by atoms with Gasteiger partial charge >= 0.3 is 0 Å². The first kappa shape index (κ1) is 14.0. The van der Waals surface area contributed by atoms with Gasteiger partial charge in [-0.15, -0.1) is 0 Å². The van der Waals surface area contributed by atoms with Crippen LogP contribution in [0.5, 0.6) is 0 Å². The van der Waals surface area contributed by atoms with Crippen molar-refractivity contribution in [1.82, 2.24) is 5.32 Å². The second-order valence-electron chi connectivity index (χ2n) is 4.75. The maximum Gasteiger partial charge on any atom is 0.0359 e. The molecule has 0 spiro atoms. The molecule has 96 valence electrons. The molecule has 0 bridgehead atoms. The first-order valence-corrected chi connectivity index (χ1v) is 6.82. The second kappa shape index (κ2) is 8.13. The molecule has 3 N–H and O–H groups in total. The van der Waals surface area contributed by atoms with Gasteiger partial charge in [-0.25, -0.2) is 0 Å². The highest BCUT2D eigenvalue weighted by atomic mass is 14.9. The Morgan fingerprint density at radius 2 is 2.00 bits per heavy atom. The first-order valence-electron chi connectivity index (χ1n) is 6.82. The summed E-state index contributed by atoms with van der Waals surface area (Å²) in [6.45, 7) is 6.52. The highest BCUT2D eigenvalue weighted by Crippen LogP contribution is 2.13. The van der Waals surface area contributed by atoms with E-state index in [-0.39, 0.29) is 0 Å². The fourth-order valence-electron chi connectivity index (χ4n) is 2.05. The molecular weight excluding hydrogens is 208 g/mol. The molecule has 1 unspecified atom stereocenters. The largest absolute Gasteiger partial charge is 0.398 e. The summed E-state index contributed by atoms with van der Waals surface area (Å²) in [7, 11) is 0. The van der Waals surface area contributed by atoms with Crippen LogP contribution in [0.1, 0.15) is 45.1 Å². The van der Waals surface area contributed by atoms with Crippen LogP contribution in [0, 0.1) is 5.92 Å². The van der Waals surface area contributed by atoms with Crippen LogP contribution in [0.25, 0.3) is 0 Å². The normalized spacial score (nSPS) is 12.6. The van der Waals surface area contributed by atoms with Crippen molar-refractivity contribution < 1.29 is 0 Å². The molecule has 2 nitrogen and oxygen atoms in total. The zero-order valence-electron chi connectivity index (χ0n) is 11.2. The molecule has 0 aromatic heterocycles. The molecular formula is C15H26N2. The minimum absolute atomic E-state index is 0.805. The van der Waals surface area contributed by atoms with Gasteiger partial charge in [-0.1, -0.05) is 51.3 Å². The van der Waals surface area contributed by atoms with Gasteiger partial charge in [0.05, 0.1) is 0 Å². The number of nitrogen functional groups attached to an aromatic ring is 1. The van der Waals surface area contributed by atoms with Gasteiger partial charge in [-0.2, -0.15) is 0 Å². The third-order valence-electron chi connectivity index (χ3n) is 3.35. The molecule has 0 aliphatic carbocycles. The summed E-state index contributed by atoms with van der Waals surface area (Å²) < 4.78 is 0. The summed E-state index contributed by atoms with van der Waals surface area (Å²) in [6, 6.07) is 8.08. The quantitative estimate of drug-likeness (QED) is 0.675. The lowest BCUT2D eigenvalue weighted by Crippen LogP contribution is -2.22. The molecule has 0 heterocycles. The predicted octanol–water partition coefficient (Wildman–Crippen LogP) is 3.57. The monoisotopic (exact) mass is 234 g/mol. The van der Waals surface area contributed by atoms with Crippen molar-refractivity contribution in [2.24, 2.45) is 5.92 Å². The Bertz CT molecular complexity index is 310. The van der Waals surface area contributed by atoms with Crippen LogP contribution in [-0.4, -0.2) is 6.54 Å². The molecule has 0 aliphatic heterocycles. The molecule has 0 saturated carbocycles. The Kier molecular flexibility index (Phi) is 6.71. The summed E-state index contributed by atoms with van der Waals surface area (Å²) in [5, 5.41) is 3.52. The number of unbranched alkanes of at least 4 members (excludes halogenated alkanes) is 1. The van der Waals surface area contributed by atoms with Crippen LogP contribution >= 0.6 is 0 Å². The maximum absolute atomic E-state index is 5.91. The Hall–Kier alpha value is -1.02. The minimum Gasteiger partial charge on any atom is -0.398 e. The van der Waals surface area contributed by atoms with E-state index in [1.807, 2.05) is 18.2 Å². The van der Waals surface area contributed by atoms with Crippen LogP contribution in [0.2, 0.25) is 0 Å². The highest BCUT2D eigenvalue weighted by Gasteiger charge is 2.05. The molecule has 0 radical (unpaired) electrons. The van der Waals surface area contributed by atoms with E-state index in [9.17, 15) is 0 Å². The van der Waals surface area contributed by atoms with E-state index in [1.54, 1.807) is 0 Å².